The van der Waals surface area contributed by atoms with E-state index in [0.29, 0.717) is 26.0 Å². The average Bonchev–Trinajstić information content (AvgIpc) is 3.52. The summed E-state index contributed by atoms with van der Waals surface area (Å²) in [5.74, 6) is 0.898. The molecule has 2 saturated heterocycles. The Morgan fingerprint density at radius 2 is 2.00 bits per heavy atom. The normalized spacial score (nSPS) is 26.9. The smallest absolute Gasteiger partial charge is 0.150 e. The maximum atomic E-state index is 15.2. The van der Waals surface area contributed by atoms with Crippen molar-refractivity contribution in [3.8, 4) is 5.75 Å². The summed E-state index contributed by atoms with van der Waals surface area (Å²) in [7, 11) is 0. The molecule has 3 aromatic rings. The van der Waals surface area contributed by atoms with Crippen LogP contribution in [0.5, 0.6) is 5.75 Å². The number of pyridine rings is 1. The topological polar surface area (TPSA) is 55.7 Å². The number of nitrogens with zero attached hydrogens (tertiary/aromatic N) is 5. The van der Waals surface area contributed by atoms with E-state index < -0.39 is 5.67 Å². The third kappa shape index (κ3) is 5.01. The lowest BCUT2D eigenvalue weighted by molar-refractivity contribution is -0.0366. The molecule has 9 heteroatoms. The Labute approximate surface area is 234 Å². The maximum absolute atomic E-state index is 15.2. The average molecular weight is 552 g/mol. The Balaban J connectivity index is 1.16. The Hall–Kier alpha value is -2.62. The predicted octanol–water partition coefficient (Wildman–Crippen LogP) is 5.25. The zero-order valence-corrected chi connectivity index (χ0v) is 23.3. The van der Waals surface area contributed by atoms with Crippen LogP contribution < -0.4 is 4.74 Å². The molecule has 0 amide bonds. The number of alkyl halides is 2. The lowest BCUT2D eigenvalue weighted by Crippen LogP contribution is -2.49. The number of fused-ring (bicyclic) bond motifs is 3. The molecular weight excluding hydrogens is 512 g/mol. The molecule has 5 heterocycles. The first-order valence-electron chi connectivity index (χ1n) is 14.9. The highest BCUT2D eigenvalue weighted by molar-refractivity contribution is 5.84. The van der Waals surface area contributed by atoms with Gasteiger partial charge in [-0.2, -0.15) is 5.10 Å². The molecule has 7 rings (SSSR count). The van der Waals surface area contributed by atoms with E-state index in [1.165, 1.54) is 11.1 Å². The lowest BCUT2D eigenvalue weighted by Gasteiger charge is -2.42. The number of rotatable bonds is 9. The minimum Gasteiger partial charge on any atom is -0.491 e. The monoisotopic (exact) mass is 551 g/mol. The summed E-state index contributed by atoms with van der Waals surface area (Å²) in [6, 6.07) is 8.37. The fourth-order valence-corrected chi connectivity index (χ4v) is 6.76. The second-order valence-corrected chi connectivity index (χ2v) is 12.3. The van der Waals surface area contributed by atoms with Gasteiger partial charge in [-0.05, 0) is 74.8 Å². The van der Waals surface area contributed by atoms with E-state index in [1.807, 2.05) is 23.0 Å². The molecule has 0 N–H and O–H groups in total. The highest BCUT2D eigenvalue weighted by Crippen LogP contribution is 2.46. The van der Waals surface area contributed by atoms with E-state index in [-0.39, 0.29) is 30.9 Å². The van der Waals surface area contributed by atoms with Gasteiger partial charge < -0.3 is 9.47 Å². The summed E-state index contributed by atoms with van der Waals surface area (Å²) in [5.41, 5.74) is 3.37. The van der Waals surface area contributed by atoms with Gasteiger partial charge >= 0.3 is 0 Å². The van der Waals surface area contributed by atoms with Gasteiger partial charge in [0.15, 0.2) is 6.23 Å². The fraction of sp³-hybridized carbons (Fsp3) is 0.613. The van der Waals surface area contributed by atoms with Gasteiger partial charge in [-0.25, -0.2) is 9.07 Å². The van der Waals surface area contributed by atoms with E-state index in [0.717, 1.165) is 74.3 Å². The summed E-state index contributed by atoms with van der Waals surface area (Å²) in [6.45, 7) is 6.11. The molecule has 7 nitrogen and oxygen atoms in total. The van der Waals surface area contributed by atoms with Crippen LogP contribution in [0.2, 0.25) is 0 Å². The van der Waals surface area contributed by atoms with Crippen molar-refractivity contribution < 1.29 is 18.3 Å². The molecule has 3 aliphatic heterocycles. The molecule has 3 atom stereocenters. The van der Waals surface area contributed by atoms with Gasteiger partial charge in [0, 0.05) is 50.1 Å². The van der Waals surface area contributed by atoms with Gasteiger partial charge in [0.05, 0.1) is 36.3 Å². The molecule has 2 aromatic heterocycles. The van der Waals surface area contributed by atoms with Crippen molar-refractivity contribution >= 4 is 10.9 Å². The van der Waals surface area contributed by atoms with Crippen LogP contribution in [-0.4, -0.2) is 82.3 Å². The van der Waals surface area contributed by atoms with Gasteiger partial charge in [0.2, 0.25) is 0 Å². The number of likely N-dealkylation sites (tertiary alicyclic amines) is 1. The summed E-state index contributed by atoms with van der Waals surface area (Å²) in [6.07, 6.45) is 9.10. The summed E-state index contributed by atoms with van der Waals surface area (Å²) >= 11 is 0. The first-order valence-corrected chi connectivity index (χ1v) is 14.9. The summed E-state index contributed by atoms with van der Waals surface area (Å²) in [4.78, 5) is 9.38. The van der Waals surface area contributed by atoms with Gasteiger partial charge in [-0.15, -0.1) is 0 Å². The third-order valence-electron chi connectivity index (χ3n) is 9.27. The molecule has 1 aromatic carbocycles. The van der Waals surface area contributed by atoms with E-state index in [9.17, 15) is 4.39 Å². The Kier molecular flexibility index (Phi) is 7.00. The lowest BCUT2D eigenvalue weighted by atomic mass is 9.84. The van der Waals surface area contributed by atoms with E-state index in [4.69, 9.17) is 19.6 Å². The number of aromatic nitrogens is 3. The fourth-order valence-electron chi connectivity index (χ4n) is 6.76. The molecule has 3 fully saturated rings. The van der Waals surface area contributed by atoms with E-state index in [1.54, 1.807) is 6.20 Å². The van der Waals surface area contributed by atoms with Crippen LogP contribution in [0.3, 0.4) is 0 Å². The molecule has 40 heavy (non-hydrogen) atoms. The Bertz CT molecular complexity index is 1330. The Morgan fingerprint density at radius 1 is 1.12 bits per heavy atom. The predicted molar refractivity (Wildman–Crippen MR) is 149 cm³/mol. The molecule has 0 radical (unpaired) electrons. The van der Waals surface area contributed by atoms with E-state index >= 15 is 4.39 Å². The van der Waals surface area contributed by atoms with Crippen LogP contribution in [0, 0.1) is 5.92 Å². The van der Waals surface area contributed by atoms with Crippen molar-refractivity contribution in [2.24, 2.45) is 5.92 Å². The van der Waals surface area contributed by atoms with Gasteiger partial charge in [0.1, 0.15) is 18.0 Å². The van der Waals surface area contributed by atoms with Crippen LogP contribution in [-0.2, 0) is 11.2 Å². The third-order valence-corrected chi connectivity index (χ3v) is 9.27. The second kappa shape index (κ2) is 10.7. The molecule has 0 bridgehead atoms. The minimum atomic E-state index is -1.10. The number of halogens is 2. The van der Waals surface area contributed by atoms with Crippen molar-refractivity contribution in [1.29, 1.82) is 0 Å². The van der Waals surface area contributed by atoms with Crippen molar-refractivity contribution in [3.63, 3.8) is 0 Å². The van der Waals surface area contributed by atoms with Gasteiger partial charge in [0.25, 0.3) is 0 Å². The van der Waals surface area contributed by atoms with Crippen molar-refractivity contribution in [3.05, 3.63) is 53.5 Å². The zero-order valence-electron chi connectivity index (χ0n) is 23.3. The second-order valence-electron chi connectivity index (χ2n) is 12.3. The van der Waals surface area contributed by atoms with Gasteiger partial charge in [-0.1, -0.05) is 6.07 Å². The highest BCUT2D eigenvalue weighted by atomic mass is 19.1. The number of hydrogen-bond donors (Lipinski definition) is 0. The van der Waals surface area contributed by atoms with E-state index in [2.05, 4.69) is 28.9 Å². The van der Waals surface area contributed by atoms with Crippen LogP contribution in [0.4, 0.5) is 8.78 Å². The SMILES string of the molecule is C[C@@H]1Cc2c(ccc3c2cnn3C2CCCCO2)[C@@H](c2ccc(OCCN3CC(CF)C3)cn2)N1CC1(F)CC1. The van der Waals surface area contributed by atoms with Gasteiger partial charge in [-0.3, -0.25) is 19.2 Å². The first-order chi connectivity index (χ1) is 19.5. The van der Waals surface area contributed by atoms with Crippen molar-refractivity contribution in [1.82, 2.24) is 24.6 Å². The molecule has 0 spiro atoms. The quantitative estimate of drug-likeness (QED) is 0.362. The number of benzene rings is 1. The highest BCUT2D eigenvalue weighted by Gasteiger charge is 2.48. The standard InChI is InChI=1S/C31H39F2N5O2/c1-21-14-25-24(6-8-28-26(25)17-35-38(28)29-4-2-3-12-40-29)30(37(21)20-31(33)9-10-31)27-7-5-23(16-34-27)39-13-11-36-18-22(15-32)19-36/h5-8,16-17,21-22,29-30H,2-4,9-15,18-20H2,1H3/t21-,29?,30+/m1/s1. The number of ether oxygens (including phenoxy) is 2. The van der Waals surface area contributed by atoms with Crippen LogP contribution in [0.15, 0.2) is 36.7 Å². The van der Waals surface area contributed by atoms with Crippen molar-refractivity contribution in [2.45, 2.75) is 69.4 Å². The first kappa shape index (κ1) is 26.3. The van der Waals surface area contributed by atoms with Crippen LogP contribution in [0.25, 0.3) is 10.9 Å². The summed E-state index contributed by atoms with van der Waals surface area (Å²) in [5, 5.41) is 5.93. The number of hydrogen-bond acceptors (Lipinski definition) is 6. The molecule has 1 unspecified atom stereocenters. The van der Waals surface area contributed by atoms with Crippen LogP contribution >= 0.6 is 0 Å². The molecule has 1 aliphatic carbocycles. The molecular formula is C31H39F2N5O2. The minimum absolute atomic E-state index is 0.0145. The molecule has 4 aliphatic rings. The molecule has 1 saturated carbocycles. The maximum Gasteiger partial charge on any atom is 0.150 e. The van der Waals surface area contributed by atoms with Crippen LogP contribution in [0.1, 0.15) is 68.1 Å². The Morgan fingerprint density at radius 3 is 2.73 bits per heavy atom. The summed E-state index contributed by atoms with van der Waals surface area (Å²) < 4.78 is 41.9. The zero-order chi connectivity index (χ0) is 27.3. The molecule has 214 valence electrons. The van der Waals surface area contributed by atoms with Crippen molar-refractivity contribution in [2.75, 3.05) is 46.1 Å². The largest absolute Gasteiger partial charge is 0.491 e.